The predicted octanol–water partition coefficient (Wildman–Crippen LogP) is 4.70. The number of hydrogen-bond donors (Lipinski definition) is 2. The molecule has 0 saturated carbocycles. The maximum absolute atomic E-state index is 6.33. The van der Waals surface area contributed by atoms with Gasteiger partial charge in [-0.2, -0.15) is 0 Å². The number of nitrogens with one attached hydrogen (secondary N) is 1. The number of H-pyrrole nitrogens is 1. The quantitative estimate of drug-likeness (QED) is 0.736. The van der Waals surface area contributed by atoms with Gasteiger partial charge in [-0.05, 0) is 49.2 Å². The number of benzene rings is 2. The third kappa shape index (κ3) is 3.07. The first-order chi connectivity index (χ1) is 10.0. The number of aromatic amines is 1. The second kappa shape index (κ2) is 5.72. The average Bonchev–Trinajstić information content (AvgIpc) is 2.82. The lowest BCUT2D eigenvalue weighted by molar-refractivity contribution is 0.817. The Hall–Kier alpha value is -1.49. The molecule has 3 N–H and O–H groups in total. The lowest BCUT2D eigenvalue weighted by Crippen LogP contribution is -2.04. The van der Waals surface area contributed by atoms with Crippen LogP contribution < -0.4 is 5.73 Å². The first-order valence-electron chi connectivity index (χ1n) is 6.72. The van der Waals surface area contributed by atoms with Crippen LogP contribution in [-0.2, 0) is 0 Å². The molecule has 1 aromatic heterocycles. The molecule has 0 aliphatic heterocycles. The van der Waals surface area contributed by atoms with E-state index in [1.165, 1.54) is 17.3 Å². The SMILES string of the molecule is Cc1ccc2nc(Sc3ccc(C(C)N)cc3Cl)[nH]c2c1. The van der Waals surface area contributed by atoms with E-state index in [0.717, 1.165) is 26.6 Å². The number of nitrogens with two attached hydrogens (primary N) is 1. The molecule has 3 nitrogen and oxygen atoms in total. The third-order valence-electron chi connectivity index (χ3n) is 3.30. The standard InChI is InChI=1S/C16H16ClN3S/c1-9-3-5-13-14(7-9)20-16(19-13)21-15-6-4-11(10(2)18)8-12(15)17/h3-8,10H,18H2,1-2H3,(H,19,20). The number of hydrogen-bond acceptors (Lipinski definition) is 3. The smallest absolute Gasteiger partial charge is 0.171 e. The molecule has 0 aliphatic rings. The number of imidazole rings is 1. The Morgan fingerprint density at radius 2 is 2.05 bits per heavy atom. The maximum atomic E-state index is 6.33. The molecule has 0 fully saturated rings. The number of aryl methyl sites for hydroxylation is 1. The van der Waals surface area contributed by atoms with E-state index < -0.39 is 0 Å². The van der Waals surface area contributed by atoms with Crippen molar-refractivity contribution < 1.29 is 0 Å². The zero-order valence-electron chi connectivity index (χ0n) is 11.9. The van der Waals surface area contributed by atoms with E-state index in [2.05, 4.69) is 29.0 Å². The van der Waals surface area contributed by atoms with Crippen LogP contribution in [0.4, 0.5) is 0 Å². The summed E-state index contributed by atoms with van der Waals surface area (Å²) in [6.45, 7) is 4.01. The van der Waals surface area contributed by atoms with Crippen LogP contribution in [0.5, 0.6) is 0 Å². The Morgan fingerprint density at radius 3 is 2.76 bits per heavy atom. The number of halogens is 1. The number of rotatable bonds is 3. The monoisotopic (exact) mass is 317 g/mol. The number of aromatic nitrogens is 2. The lowest BCUT2D eigenvalue weighted by Gasteiger charge is -2.08. The highest BCUT2D eigenvalue weighted by molar-refractivity contribution is 7.99. The van der Waals surface area contributed by atoms with Crippen molar-refractivity contribution in [2.24, 2.45) is 5.73 Å². The summed E-state index contributed by atoms with van der Waals surface area (Å²) in [5.74, 6) is 0. The Morgan fingerprint density at radius 1 is 1.24 bits per heavy atom. The van der Waals surface area contributed by atoms with E-state index in [0.29, 0.717) is 5.02 Å². The molecular weight excluding hydrogens is 302 g/mol. The van der Waals surface area contributed by atoms with Crippen molar-refractivity contribution in [3.8, 4) is 0 Å². The van der Waals surface area contributed by atoms with Gasteiger partial charge in [0.05, 0.1) is 16.1 Å². The molecular formula is C16H16ClN3S. The van der Waals surface area contributed by atoms with Crippen molar-refractivity contribution in [2.75, 3.05) is 0 Å². The van der Waals surface area contributed by atoms with Crippen molar-refractivity contribution in [1.82, 2.24) is 9.97 Å². The molecule has 5 heteroatoms. The van der Waals surface area contributed by atoms with Crippen molar-refractivity contribution in [2.45, 2.75) is 29.9 Å². The number of fused-ring (bicyclic) bond motifs is 1. The molecule has 3 rings (SSSR count). The second-order valence-electron chi connectivity index (χ2n) is 5.14. The summed E-state index contributed by atoms with van der Waals surface area (Å²) in [5, 5.41) is 1.54. The van der Waals surface area contributed by atoms with Crippen molar-refractivity contribution in [3.05, 3.63) is 52.5 Å². The fraction of sp³-hybridized carbons (Fsp3) is 0.188. The Balaban J connectivity index is 1.91. The topological polar surface area (TPSA) is 54.7 Å². The fourth-order valence-corrected chi connectivity index (χ4v) is 3.25. The van der Waals surface area contributed by atoms with E-state index in [9.17, 15) is 0 Å². The molecule has 0 saturated heterocycles. The maximum Gasteiger partial charge on any atom is 0.171 e. The summed E-state index contributed by atoms with van der Waals surface area (Å²) in [4.78, 5) is 8.86. The van der Waals surface area contributed by atoms with Gasteiger partial charge in [-0.15, -0.1) is 0 Å². The Kier molecular flexibility index (Phi) is 3.93. The molecule has 1 atom stereocenters. The van der Waals surface area contributed by atoms with Gasteiger partial charge in [0.15, 0.2) is 5.16 Å². The van der Waals surface area contributed by atoms with Crippen LogP contribution in [0.25, 0.3) is 11.0 Å². The van der Waals surface area contributed by atoms with Crippen LogP contribution in [0.1, 0.15) is 24.1 Å². The average molecular weight is 318 g/mol. The highest BCUT2D eigenvalue weighted by Crippen LogP contribution is 2.34. The summed E-state index contributed by atoms with van der Waals surface area (Å²) in [7, 11) is 0. The van der Waals surface area contributed by atoms with Crippen molar-refractivity contribution in [3.63, 3.8) is 0 Å². The fourth-order valence-electron chi connectivity index (χ4n) is 2.14. The van der Waals surface area contributed by atoms with Gasteiger partial charge >= 0.3 is 0 Å². The summed E-state index contributed by atoms with van der Waals surface area (Å²) in [5.41, 5.74) is 10.1. The first kappa shape index (κ1) is 14.4. The molecule has 108 valence electrons. The van der Waals surface area contributed by atoms with Crippen LogP contribution in [0.2, 0.25) is 5.02 Å². The third-order valence-corrected chi connectivity index (χ3v) is 4.69. The molecule has 1 unspecified atom stereocenters. The van der Waals surface area contributed by atoms with Crippen LogP contribution in [0.3, 0.4) is 0 Å². The summed E-state index contributed by atoms with van der Waals surface area (Å²) < 4.78 is 0. The normalized spacial score (nSPS) is 12.8. The van der Waals surface area contributed by atoms with E-state index in [1.54, 1.807) is 0 Å². The minimum atomic E-state index is -0.0178. The highest BCUT2D eigenvalue weighted by atomic mass is 35.5. The number of nitrogens with zero attached hydrogens (tertiary/aromatic N) is 1. The molecule has 0 radical (unpaired) electrons. The molecule has 21 heavy (non-hydrogen) atoms. The van der Waals surface area contributed by atoms with Crippen molar-refractivity contribution in [1.29, 1.82) is 0 Å². The lowest BCUT2D eigenvalue weighted by atomic mass is 10.1. The van der Waals surface area contributed by atoms with Gasteiger partial charge in [0.2, 0.25) is 0 Å². The summed E-state index contributed by atoms with van der Waals surface area (Å²) in [6.07, 6.45) is 0. The minimum absolute atomic E-state index is 0.0178. The molecule has 0 aliphatic carbocycles. The van der Waals surface area contributed by atoms with Gasteiger partial charge < -0.3 is 10.7 Å². The van der Waals surface area contributed by atoms with Crippen LogP contribution in [-0.4, -0.2) is 9.97 Å². The Labute approximate surface area is 132 Å². The van der Waals surface area contributed by atoms with Gasteiger partial charge in [-0.25, -0.2) is 4.98 Å². The minimum Gasteiger partial charge on any atom is -0.333 e. The van der Waals surface area contributed by atoms with E-state index in [1.807, 2.05) is 31.2 Å². The van der Waals surface area contributed by atoms with E-state index >= 15 is 0 Å². The van der Waals surface area contributed by atoms with Crippen LogP contribution >= 0.6 is 23.4 Å². The van der Waals surface area contributed by atoms with E-state index in [-0.39, 0.29) is 6.04 Å². The van der Waals surface area contributed by atoms with Gasteiger partial charge in [0, 0.05) is 10.9 Å². The molecule has 2 aromatic carbocycles. The summed E-state index contributed by atoms with van der Waals surface area (Å²) >= 11 is 7.86. The van der Waals surface area contributed by atoms with Gasteiger partial charge in [-0.3, -0.25) is 0 Å². The predicted molar refractivity (Wildman–Crippen MR) is 89.0 cm³/mol. The summed E-state index contributed by atoms with van der Waals surface area (Å²) in [6, 6.07) is 12.1. The van der Waals surface area contributed by atoms with Gasteiger partial charge in [0.1, 0.15) is 0 Å². The molecule has 0 bridgehead atoms. The second-order valence-corrected chi connectivity index (χ2v) is 6.58. The zero-order valence-corrected chi connectivity index (χ0v) is 13.4. The Bertz CT molecular complexity index is 795. The van der Waals surface area contributed by atoms with Crippen LogP contribution in [0, 0.1) is 6.92 Å². The van der Waals surface area contributed by atoms with Gasteiger partial charge in [0.25, 0.3) is 0 Å². The van der Waals surface area contributed by atoms with Crippen molar-refractivity contribution >= 4 is 34.4 Å². The molecule has 0 amide bonds. The van der Waals surface area contributed by atoms with Gasteiger partial charge in [-0.1, -0.05) is 35.5 Å². The molecule has 1 heterocycles. The first-order valence-corrected chi connectivity index (χ1v) is 7.91. The molecule has 3 aromatic rings. The largest absolute Gasteiger partial charge is 0.333 e. The van der Waals surface area contributed by atoms with Crippen LogP contribution in [0.15, 0.2) is 46.5 Å². The highest BCUT2D eigenvalue weighted by Gasteiger charge is 2.09. The van der Waals surface area contributed by atoms with E-state index in [4.69, 9.17) is 17.3 Å². The zero-order chi connectivity index (χ0) is 15.0. The molecule has 0 spiro atoms.